The van der Waals surface area contributed by atoms with Crippen molar-refractivity contribution in [2.24, 2.45) is 0 Å². The highest BCUT2D eigenvalue weighted by Crippen LogP contribution is 2.27. The lowest BCUT2D eigenvalue weighted by molar-refractivity contribution is -0.141. The lowest BCUT2D eigenvalue weighted by atomic mass is 10.3. The molecule has 2 aromatic heterocycles. The standard InChI is InChI=1S/C12H12F3N3OS/c1-8(9-3-2-6-20-9)16-11(19)7-18-5-4-10(17-18)12(13,14)15/h2-6,8H,7H2,1H3,(H,16,19). The van der Waals surface area contributed by atoms with E-state index in [4.69, 9.17) is 0 Å². The maximum Gasteiger partial charge on any atom is 0.435 e. The number of halogens is 3. The highest BCUT2D eigenvalue weighted by Gasteiger charge is 2.33. The number of aromatic nitrogens is 2. The smallest absolute Gasteiger partial charge is 0.347 e. The summed E-state index contributed by atoms with van der Waals surface area (Å²) in [4.78, 5) is 12.7. The third-order valence-corrected chi connectivity index (χ3v) is 3.64. The van der Waals surface area contributed by atoms with Gasteiger partial charge in [0.1, 0.15) is 6.54 Å². The SMILES string of the molecule is CC(NC(=O)Cn1ccc(C(F)(F)F)n1)c1cccs1. The van der Waals surface area contributed by atoms with Crippen LogP contribution in [0.5, 0.6) is 0 Å². The summed E-state index contributed by atoms with van der Waals surface area (Å²) in [6.07, 6.45) is -3.36. The summed E-state index contributed by atoms with van der Waals surface area (Å²) in [6, 6.07) is 4.41. The summed E-state index contributed by atoms with van der Waals surface area (Å²) in [5, 5.41) is 7.92. The predicted molar refractivity (Wildman–Crippen MR) is 68.1 cm³/mol. The van der Waals surface area contributed by atoms with E-state index in [0.717, 1.165) is 21.8 Å². The molecule has 2 rings (SSSR count). The van der Waals surface area contributed by atoms with Crippen LogP contribution in [0.3, 0.4) is 0 Å². The van der Waals surface area contributed by atoms with E-state index in [1.54, 1.807) is 0 Å². The number of hydrogen-bond acceptors (Lipinski definition) is 3. The third-order valence-electron chi connectivity index (χ3n) is 2.58. The van der Waals surface area contributed by atoms with Gasteiger partial charge in [0.25, 0.3) is 0 Å². The second-order valence-electron chi connectivity index (χ2n) is 4.20. The van der Waals surface area contributed by atoms with E-state index in [9.17, 15) is 18.0 Å². The fourth-order valence-electron chi connectivity index (χ4n) is 1.64. The van der Waals surface area contributed by atoms with Crippen molar-refractivity contribution in [2.75, 3.05) is 0 Å². The van der Waals surface area contributed by atoms with Crippen LogP contribution in [0.25, 0.3) is 0 Å². The van der Waals surface area contributed by atoms with Gasteiger partial charge in [-0.1, -0.05) is 6.07 Å². The molecule has 1 amide bonds. The topological polar surface area (TPSA) is 46.9 Å². The van der Waals surface area contributed by atoms with Crippen molar-refractivity contribution >= 4 is 17.2 Å². The van der Waals surface area contributed by atoms with E-state index in [1.165, 1.54) is 11.3 Å². The van der Waals surface area contributed by atoms with E-state index in [1.807, 2.05) is 24.4 Å². The fraction of sp³-hybridized carbons (Fsp3) is 0.333. The first-order valence-corrected chi connectivity index (χ1v) is 6.67. The molecule has 0 fully saturated rings. The number of thiophene rings is 1. The summed E-state index contributed by atoms with van der Waals surface area (Å²) < 4.78 is 38.1. The Morgan fingerprint density at radius 2 is 2.25 bits per heavy atom. The van der Waals surface area contributed by atoms with Crippen molar-refractivity contribution in [1.29, 1.82) is 0 Å². The monoisotopic (exact) mass is 303 g/mol. The third kappa shape index (κ3) is 3.60. The van der Waals surface area contributed by atoms with Crippen LogP contribution in [0.2, 0.25) is 0 Å². The van der Waals surface area contributed by atoms with Gasteiger partial charge >= 0.3 is 6.18 Å². The number of rotatable bonds is 4. The number of amides is 1. The molecule has 1 N–H and O–H groups in total. The van der Waals surface area contributed by atoms with Gasteiger partial charge < -0.3 is 5.32 Å². The maximum absolute atomic E-state index is 12.4. The second-order valence-corrected chi connectivity index (χ2v) is 5.18. The van der Waals surface area contributed by atoms with Crippen molar-refractivity contribution in [2.45, 2.75) is 25.7 Å². The van der Waals surface area contributed by atoms with E-state index in [2.05, 4.69) is 10.4 Å². The van der Waals surface area contributed by atoms with Crippen molar-refractivity contribution < 1.29 is 18.0 Å². The van der Waals surface area contributed by atoms with Crippen molar-refractivity contribution in [3.63, 3.8) is 0 Å². The van der Waals surface area contributed by atoms with Crippen LogP contribution in [-0.4, -0.2) is 15.7 Å². The average molecular weight is 303 g/mol. The van der Waals surface area contributed by atoms with Gasteiger partial charge in [-0.3, -0.25) is 9.48 Å². The molecule has 0 bridgehead atoms. The molecule has 0 aliphatic carbocycles. The van der Waals surface area contributed by atoms with Gasteiger partial charge in [-0.2, -0.15) is 18.3 Å². The highest BCUT2D eigenvalue weighted by molar-refractivity contribution is 7.10. The minimum atomic E-state index is -4.49. The molecule has 1 unspecified atom stereocenters. The maximum atomic E-state index is 12.4. The molecule has 0 aromatic carbocycles. The molecule has 2 heterocycles. The molecule has 0 aliphatic rings. The van der Waals surface area contributed by atoms with Crippen molar-refractivity contribution in [3.8, 4) is 0 Å². The van der Waals surface area contributed by atoms with Gasteiger partial charge in [-0.05, 0) is 24.4 Å². The minimum absolute atomic E-state index is 0.180. The lowest BCUT2D eigenvalue weighted by Gasteiger charge is -2.12. The minimum Gasteiger partial charge on any atom is -0.347 e. The lowest BCUT2D eigenvalue weighted by Crippen LogP contribution is -2.30. The Bertz CT molecular complexity index is 577. The Balaban J connectivity index is 1.93. The zero-order valence-corrected chi connectivity index (χ0v) is 11.3. The molecule has 20 heavy (non-hydrogen) atoms. The Hall–Kier alpha value is -1.83. The molecule has 108 valence electrons. The van der Waals surface area contributed by atoms with Crippen LogP contribution >= 0.6 is 11.3 Å². The van der Waals surface area contributed by atoms with E-state index in [0.29, 0.717) is 0 Å². The van der Waals surface area contributed by atoms with Crippen LogP contribution < -0.4 is 5.32 Å². The summed E-state index contributed by atoms with van der Waals surface area (Å²) in [5.41, 5.74) is -1.00. The van der Waals surface area contributed by atoms with E-state index < -0.39 is 11.9 Å². The Morgan fingerprint density at radius 1 is 1.50 bits per heavy atom. The second kappa shape index (κ2) is 5.66. The molecule has 0 spiro atoms. The number of nitrogens with zero attached hydrogens (tertiary/aromatic N) is 2. The molecule has 0 aliphatic heterocycles. The molecule has 2 aromatic rings. The first-order chi connectivity index (χ1) is 9.36. The first kappa shape index (κ1) is 14.6. The van der Waals surface area contributed by atoms with Crippen LogP contribution in [0.1, 0.15) is 23.5 Å². The molecular formula is C12H12F3N3OS. The molecular weight excluding hydrogens is 291 g/mol. The average Bonchev–Trinajstić information content (AvgIpc) is 2.97. The summed E-state index contributed by atoms with van der Waals surface area (Å²) in [7, 11) is 0. The molecule has 0 saturated heterocycles. The molecule has 0 radical (unpaired) electrons. The van der Waals surface area contributed by atoms with Gasteiger partial charge in [-0.25, -0.2) is 0 Å². The van der Waals surface area contributed by atoms with Crippen molar-refractivity contribution in [1.82, 2.24) is 15.1 Å². The molecule has 1 atom stereocenters. The van der Waals surface area contributed by atoms with Gasteiger partial charge in [-0.15, -0.1) is 11.3 Å². The number of alkyl halides is 3. The number of nitrogens with one attached hydrogen (secondary N) is 1. The highest BCUT2D eigenvalue weighted by atomic mass is 32.1. The summed E-state index contributed by atoms with van der Waals surface area (Å²) in [5.74, 6) is -0.386. The van der Waals surface area contributed by atoms with Crippen LogP contribution in [0.4, 0.5) is 13.2 Å². The van der Waals surface area contributed by atoms with Crippen LogP contribution in [-0.2, 0) is 17.5 Å². The zero-order chi connectivity index (χ0) is 14.8. The molecule has 0 saturated carbocycles. The summed E-state index contributed by atoms with van der Waals surface area (Å²) in [6.45, 7) is 1.57. The molecule has 4 nitrogen and oxygen atoms in total. The van der Waals surface area contributed by atoms with Crippen LogP contribution in [0.15, 0.2) is 29.8 Å². The quantitative estimate of drug-likeness (QED) is 0.944. The Morgan fingerprint density at radius 3 is 2.80 bits per heavy atom. The van der Waals surface area contributed by atoms with E-state index in [-0.39, 0.29) is 18.5 Å². The number of carbonyl (C=O) groups excluding carboxylic acids is 1. The normalized spacial score (nSPS) is 13.2. The zero-order valence-electron chi connectivity index (χ0n) is 10.5. The van der Waals surface area contributed by atoms with E-state index >= 15 is 0 Å². The Kier molecular flexibility index (Phi) is 4.12. The van der Waals surface area contributed by atoms with Gasteiger partial charge in [0.05, 0.1) is 6.04 Å². The number of hydrogen-bond donors (Lipinski definition) is 1. The fourth-order valence-corrected chi connectivity index (χ4v) is 2.38. The number of carbonyl (C=O) groups is 1. The first-order valence-electron chi connectivity index (χ1n) is 5.79. The summed E-state index contributed by atoms with van der Waals surface area (Å²) >= 11 is 1.50. The van der Waals surface area contributed by atoms with Gasteiger partial charge in [0, 0.05) is 11.1 Å². The van der Waals surface area contributed by atoms with Gasteiger partial charge in [0.15, 0.2) is 5.69 Å². The van der Waals surface area contributed by atoms with Gasteiger partial charge in [0.2, 0.25) is 5.91 Å². The Labute approximate surface area is 117 Å². The predicted octanol–water partition coefficient (Wildman–Crippen LogP) is 2.84. The van der Waals surface area contributed by atoms with Crippen LogP contribution in [0, 0.1) is 0 Å². The largest absolute Gasteiger partial charge is 0.435 e. The molecule has 8 heteroatoms. The van der Waals surface area contributed by atoms with Crippen molar-refractivity contribution in [3.05, 3.63) is 40.3 Å².